The third-order valence-electron chi connectivity index (χ3n) is 4.63. The quantitative estimate of drug-likeness (QED) is 0.308. The lowest BCUT2D eigenvalue weighted by Crippen LogP contribution is -2.36. The Morgan fingerprint density at radius 1 is 1.25 bits per heavy atom. The molecule has 0 aromatic carbocycles. The Kier molecular flexibility index (Phi) is 8.84. The fourth-order valence-corrected chi connectivity index (χ4v) is 2.98. The highest BCUT2D eigenvalue weighted by molar-refractivity contribution is 5.70. The third-order valence-corrected chi connectivity index (χ3v) is 4.63. The van der Waals surface area contributed by atoms with Gasteiger partial charge in [0, 0.05) is 18.7 Å². The maximum Gasteiger partial charge on any atom is 0.351 e. The highest BCUT2D eigenvalue weighted by Crippen LogP contribution is 2.28. The van der Waals surface area contributed by atoms with Crippen molar-refractivity contribution in [3.63, 3.8) is 0 Å². The van der Waals surface area contributed by atoms with Crippen LogP contribution >= 0.6 is 0 Å². The van der Waals surface area contributed by atoms with Crippen molar-refractivity contribution < 1.29 is 29.7 Å². The SMILES string of the molecule is CCCCCCCCC(=O)ONc1ccn([C@@H]2O[C@H](CO)[C@@H](O)[C@H]2O)c(=O)n1. The van der Waals surface area contributed by atoms with Crippen LogP contribution in [0.2, 0.25) is 0 Å². The molecule has 0 aliphatic carbocycles. The van der Waals surface area contributed by atoms with Gasteiger partial charge in [-0.15, -0.1) is 0 Å². The summed E-state index contributed by atoms with van der Waals surface area (Å²) in [6, 6.07) is 1.37. The summed E-state index contributed by atoms with van der Waals surface area (Å²) in [5.74, 6) is -0.408. The average Bonchev–Trinajstić information content (AvgIpc) is 2.97. The summed E-state index contributed by atoms with van der Waals surface area (Å²) in [6.07, 6.45) is 3.04. The molecule has 1 aliphatic heterocycles. The molecule has 0 amide bonds. The number of nitrogens with one attached hydrogen (secondary N) is 1. The van der Waals surface area contributed by atoms with Gasteiger partial charge in [0.2, 0.25) is 0 Å². The van der Waals surface area contributed by atoms with Gasteiger partial charge in [0.05, 0.1) is 6.61 Å². The molecule has 0 unspecified atom stereocenters. The van der Waals surface area contributed by atoms with Gasteiger partial charge in [-0.3, -0.25) is 4.57 Å². The molecule has 2 rings (SSSR count). The molecule has 1 aromatic heterocycles. The number of anilines is 1. The topological polar surface area (TPSA) is 143 Å². The number of carbonyl (C=O) groups is 1. The summed E-state index contributed by atoms with van der Waals surface area (Å²) in [5.41, 5.74) is 1.57. The van der Waals surface area contributed by atoms with E-state index in [1.165, 1.54) is 31.5 Å². The Morgan fingerprint density at radius 2 is 1.96 bits per heavy atom. The van der Waals surface area contributed by atoms with Crippen LogP contribution in [0.25, 0.3) is 0 Å². The van der Waals surface area contributed by atoms with E-state index in [-0.39, 0.29) is 12.2 Å². The van der Waals surface area contributed by atoms with Crippen molar-refractivity contribution >= 4 is 11.8 Å². The summed E-state index contributed by atoms with van der Waals surface area (Å²) >= 11 is 0. The zero-order valence-electron chi connectivity index (χ0n) is 16.0. The van der Waals surface area contributed by atoms with Crippen molar-refractivity contribution in [1.82, 2.24) is 9.55 Å². The van der Waals surface area contributed by atoms with Crippen LogP contribution in [0.1, 0.15) is 58.1 Å². The van der Waals surface area contributed by atoms with E-state index < -0.39 is 42.8 Å². The molecule has 0 saturated carbocycles. The van der Waals surface area contributed by atoms with E-state index in [4.69, 9.17) is 14.7 Å². The van der Waals surface area contributed by atoms with Crippen LogP contribution in [0.5, 0.6) is 0 Å². The van der Waals surface area contributed by atoms with Crippen LogP contribution < -0.4 is 11.2 Å². The first-order chi connectivity index (χ1) is 13.5. The number of nitrogens with zero attached hydrogens (tertiary/aromatic N) is 2. The van der Waals surface area contributed by atoms with Crippen LogP contribution in [0.15, 0.2) is 17.1 Å². The van der Waals surface area contributed by atoms with Crippen LogP contribution in [0.4, 0.5) is 5.82 Å². The Labute approximate surface area is 163 Å². The predicted octanol–water partition coefficient (Wildman–Crippen LogP) is 0.476. The molecule has 10 heteroatoms. The second kappa shape index (κ2) is 11.1. The van der Waals surface area contributed by atoms with Crippen molar-refractivity contribution in [2.24, 2.45) is 0 Å². The van der Waals surface area contributed by atoms with E-state index >= 15 is 0 Å². The van der Waals surface area contributed by atoms with E-state index in [9.17, 15) is 19.8 Å². The zero-order chi connectivity index (χ0) is 20.5. The van der Waals surface area contributed by atoms with E-state index in [1.54, 1.807) is 0 Å². The summed E-state index contributed by atoms with van der Waals surface area (Å²) in [6.45, 7) is 1.65. The molecule has 0 radical (unpaired) electrons. The molecule has 10 nitrogen and oxygen atoms in total. The smallest absolute Gasteiger partial charge is 0.351 e. The van der Waals surface area contributed by atoms with E-state index in [0.29, 0.717) is 0 Å². The first kappa shape index (κ1) is 22.3. The summed E-state index contributed by atoms with van der Waals surface area (Å²) in [4.78, 5) is 32.5. The van der Waals surface area contributed by atoms with Gasteiger partial charge in [0.15, 0.2) is 12.0 Å². The summed E-state index contributed by atoms with van der Waals surface area (Å²) < 4.78 is 6.28. The standard InChI is InChI=1S/C18H29N3O7/c1-2-3-4-5-6-7-8-14(23)28-20-13-9-10-21(18(26)19-13)17-16(25)15(24)12(11-22)27-17/h9-10,12,15-17,22,24-25H,2-8,11H2,1H3,(H,19,20,26)/t12-,15-,16-,17-/m1/s1. The fourth-order valence-electron chi connectivity index (χ4n) is 2.98. The van der Waals surface area contributed by atoms with Crippen molar-refractivity contribution in [2.45, 2.75) is 76.4 Å². The molecule has 1 saturated heterocycles. The number of unbranched alkanes of at least 4 members (excludes halogenated alkanes) is 5. The monoisotopic (exact) mass is 399 g/mol. The van der Waals surface area contributed by atoms with Gasteiger partial charge in [-0.25, -0.2) is 15.1 Å². The second-order valence-corrected chi connectivity index (χ2v) is 6.83. The molecule has 158 valence electrons. The molecule has 1 fully saturated rings. The Morgan fingerprint density at radius 3 is 2.61 bits per heavy atom. The van der Waals surface area contributed by atoms with Crippen LogP contribution in [0.3, 0.4) is 0 Å². The Balaban J connectivity index is 1.81. The summed E-state index contributed by atoms with van der Waals surface area (Å²) in [7, 11) is 0. The highest BCUT2D eigenvalue weighted by atomic mass is 16.7. The van der Waals surface area contributed by atoms with Gasteiger partial charge in [0.25, 0.3) is 0 Å². The van der Waals surface area contributed by atoms with E-state index in [0.717, 1.165) is 23.8 Å². The molecule has 0 spiro atoms. The molecular formula is C18H29N3O7. The molecule has 1 aromatic rings. The Bertz CT molecular complexity index is 681. The van der Waals surface area contributed by atoms with Gasteiger partial charge in [-0.1, -0.05) is 39.0 Å². The maximum absolute atomic E-state index is 12.2. The van der Waals surface area contributed by atoms with E-state index in [1.807, 2.05) is 0 Å². The van der Waals surface area contributed by atoms with Crippen molar-refractivity contribution in [2.75, 3.05) is 12.1 Å². The highest BCUT2D eigenvalue weighted by Gasteiger charge is 2.43. The Hall–Kier alpha value is -2.01. The molecule has 0 bridgehead atoms. The van der Waals surface area contributed by atoms with Gasteiger partial charge in [-0.2, -0.15) is 4.98 Å². The third kappa shape index (κ3) is 5.99. The largest absolute Gasteiger partial charge is 0.394 e. The summed E-state index contributed by atoms with van der Waals surface area (Å²) in [5, 5.41) is 28.9. The van der Waals surface area contributed by atoms with Crippen LogP contribution in [0, 0.1) is 0 Å². The predicted molar refractivity (Wildman–Crippen MR) is 99.2 cm³/mol. The van der Waals surface area contributed by atoms with Crippen molar-refractivity contribution in [3.8, 4) is 0 Å². The number of rotatable bonds is 11. The first-order valence-corrected chi connectivity index (χ1v) is 9.65. The minimum Gasteiger partial charge on any atom is -0.394 e. The molecule has 2 heterocycles. The number of carbonyl (C=O) groups excluding carboxylic acids is 1. The van der Waals surface area contributed by atoms with Gasteiger partial charge < -0.3 is 24.9 Å². The number of aromatic nitrogens is 2. The minimum absolute atomic E-state index is 0.0317. The normalized spacial score (nSPS) is 24.3. The minimum atomic E-state index is -1.38. The zero-order valence-corrected chi connectivity index (χ0v) is 16.0. The lowest BCUT2D eigenvalue weighted by atomic mass is 10.1. The molecule has 4 atom stereocenters. The van der Waals surface area contributed by atoms with Crippen molar-refractivity contribution in [3.05, 3.63) is 22.7 Å². The number of hydrogen-bond acceptors (Lipinski definition) is 9. The number of aliphatic hydroxyl groups is 3. The number of hydrogen-bond donors (Lipinski definition) is 4. The van der Waals surface area contributed by atoms with Gasteiger partial charge in [-0.05, 0) is 6.42 Å². The average molecular weight is 399 g/mol. The molecule has 4 N–H and O–H groups in total. The molecule has 1 aliphatic rings. The molecular weight excluding hydrogens is 370 g/mol. The first-order valence-electron chi connectivity index (χ1n) is 9.65. The maximum atomic E-state index is 12.2. The van der Waals surface area contributed by atoms with E-state index in [2.05, 4.69) is 17.4 Å². The lowest BCUT2D eigenvalue weighted by Gasteiger charge is -2.17. The van der Waals surface area contributed by atoms with Crippen LogP contribution in [-0.4, -0.2) is 55.8 Å². The fraction of sp³-hybridized carbons (Fsp3) is 0.722. The van der Waals surface area contributed by atoms with Crippen LogP contribution in [-0.2, 0) is 14.4 Å². The number of ether oxygens (including phenoxy) is 1. The lowest BCUT2D eigenvalue weighted by molar-refractivity contribution is -0.140. The second-order valence-electron chi connectivity index (χ2n) is 6.83. The number of aliphatic hydroxyl groups excluding tert-OH is 3. The van der Waals surface area contributed by atoms with Gasteiger partial charge >= 0.3 is 11.7 Å². The molecule has 28 heavy (non-hydrogen) atoms. The van der Waals surface area contributed by atoms with Crippen molar-refractivity contribution in [1.29, 1.82) is 0 Å². The van der Waals surface area contributed by atoms with Gasteiger partial charge in [0.1, 0.15) is 18.3 Å².